The second-order valence-corrected chi connectivity index (χ2v) is 5.42. The standard InChI is InChI=1S/C14H15ClFNO3/c1-8-5-10(11(15)6-12(8)16)13(18)17-4-2-3-9(7-17)14(19)20/h5-6,9H,2-4,7H2,1H3,(H,19,20). The summed E-state index contributed by atoms with van der Waals surface area (Å²) in [6.07, 6.45) is 1.20. The van der Waals surface area contributed by atoms with Crippen LogP contribution in [0, 0.1) is 18.7 Å². The molecule has 20 heavy (non-hydrogen) atoms. The first kappa shape index (κ1) is 14.8. The van der Waals surface area contributed by atoms with E-state index in [1.54, 1.807) is 6.92 Å². The topological polar surface area (TPSA) is 57.6 Å². The minimum absolute atomic E-state index is 0.0514. The Balaban J connectivity index is 2.23. The fourth-order valence-corrected chi connectivity index (χ4v) is 2.59. The minimum atomic E-state index is -0.899. The van der Waals surface area contributed by atoms with Crippen molar-refractivity contribution < 1.29 is 19.1 Å². The lowest BCUT2D eigenvalue weighted by Crippen LogP contribution is -2.42. The van der Waals surface area contributed by atoms with Gasteiger partial charge in [0.1, 0.15) is 5.82 Å². The highest BCUT2D eigenvalue weighted by Gasteiger charge is 2.29. The van der Waals surface area contributed by atoms with Gasteiger partial charge < -0.3 is 10.0 Å². The molecular formula is C14H15ClFNO3. The summed E-state index contributed by atoms with van der Waals surface area (Å²) in [4.78, 5) is 24.9. The highest BCUT2D eigenvalue weighted by atomic mass is 35.5. The summed E-state index contributed by atoms with van der Waals surface area (Å²) in [5.74, 6) is -2.26. The van der Waals surface area contributed by atoms with Crippen LogP contribution in [0.2, 0.25) is 5.02 Å². The van der Waals surface area contributed by atoms with Crippen LogP contribution in [0.3, 0.4) is 0 Å². The first-order chi connectivity index (χ1) is 9.40. The van der Waals surface area contributed by atoms with Crippen molar-refractivity contribution in [1.29, 1.82) is 0 Å². The number of aryl methyl sites for hydroxylation is 1. The summed E-state index contributed by atoms with van der Waals surface area (Å²) in [7, 11) is 0. The van der Waals surface area contributed by atoms with Crippen molar-refractivity contribution in [3.8, 4) is 0 Å². The van der Waals surface area contributed by atoms with Crippen LogP contribution in [-0.2, 0) is 4.79 Å². The molecule has 4 nitrogen and oxygen atoms in total. The lowest BCUT2D eigenvalue weighted by atomic mass is 9.97. The van der Waals surface area contributed by atoms with Gasteiger partial charge in [-0.1, -0.05) is 11.6 Å². The number of carbonyl (C=O) groups excluding carboxylic acids is 1. The molecule has 1 amide bonds. The highest BCUT2D eigenvalue weighted by molar-refractivity contribution is 6.33. The lowest BCUT2D eigenvalue weighted by molar-refractivity contribution is -0.143. The molecule has 1 saturated heterocycles. The number of likely N-dealkylation sites (tertiary alicyclic amines) is 1. The SMILES string of the molecule is Cc1cc(C(=O)N2CCCC(C(=O)O)C2)c(Cl)cc1F. The highest BCUT2D eigenvalue weighted by Crippen LogP contribution is 2.24. The summed E-state index contributed by atoms with van der Waals surface area (Å²) in [6, 6.07) is 2.52. The fourth-order valence-electron chi connectivity index (χ4n) is 2.35. The van der Waals surface area contributed by atoms with Crippen molar-refractivity contribution in [2.24, 2.45) is 5.92 Å². The van der Waals surface area contributed by atoms with Crippen LogP contribution in [0.4, 0.5) is 4.39 Å². The van der Waals surface area contributed by atoms with Crippen molar-refractivity contribution in [3.05, 3.63) is 34.1 Å². The van der Waals surface area contributed by atoms with Gasteiger partial charge in [0.2, 0.25) is 0 Å². The predicted molar refractivity (Wildman–Crippen MR) is 72.4 cm³/mol. The third-order valence-electron chi connectivity index (χ3n) is 3.54. The van der Waals surface area contributed by atoms with E-state index in [1.165, 1.54) is 11.0 Å². The summed E-state index contributed by atoms with van der Waals surface area (Å²) < 4.78 is 13.3. The summed E-state index contributed by atoms with van der Waals surface area (Å²) >= 11 is 5.91. The van der Waals surface area contributed by atoms with Gasteiger partial charge in [-0.3, -0.25) is 9.59 Å². The van der Waals surface area contributed by atoms with Gasteiger partial charge in [0.15, 0.2) is 0 Å². The van der Waals surface area contributed by atoms with Crippen LogP contribution >= 0.6 is 11.6 Å². The molecule has 1 fully saturated rings. The van der Waals surface area contributed by atoms with Crippen molar-refractivity contribution in [2.75, 3.05) is 13.1 Å². The van der Waals surface area contributed by atoms with Crippen molar-refractivity contribution >= 4 is 23.5 Å². The maximum absolute atomic E-state index is 13.3. The van der Waals surface area contributed by atoms with Crippen molar-refractivity contribution in [1.82, 2.24) is 4.90 Å². The molecule has 108 valence electrons. The number of hydrogen-bond donors (Lipinski definition) is 1. The molecule has 1 aromatic carbocycles. The van der Waals surface area contributed by atoms with Crippen LogP contribution < -0.4 is 0 Å². The number of carbonyl (C=O) groups is 2. The molecule has 2 rings (SSSR count). The van der Waals surface area contributed by atoms with E-state index in [-0.39, 0.29) is 23.0 Å². The molecule has 1 heterocycles. The number of aliphatic carboxylic acids is 1. The molecule has 1 N–H and O–H groups in total. The second-order valence-electron chi connectivity index (χ2n) is 5.01. The van der Waals surface area contributed by atoms with E-state index in [2.05, 4.69) is 0 Å². The molecule has 1 aliphatic rings. The van der Waals surface area contributed by atoms with Gasteiger partial charge in [-0.15, -0.1) is 0 Å². The number of nitrogens with zero attached hydrogens (tertiary/aromatic N) is 1. The van der Waals surface area contributed by atoms with Gasteiger partial charge in [0.05, 0.1) is 16.5 Å². The fraction of sp³-hybridized carbons (Fsp3) is 0.429. The molecule has 0 aliphatic carbocycles. The average molecular weight is 300 g/mol. The number of carboxylic acid groups (broad SMARTS) is 1. The number of amides is 1. The molecule has 0 aromatic heterocycles. The van der Waals surface area contributed by atoms with E-state index in [0.29, 0.717) is 24.9 Å². The molecule has 0 saturated carbocycles. The molecule has 1 aliphatic heterocycles. The maximum Gasteiger partial charge on any atom is 0.308 e. The zero-order valence-electron chi connectivity index (χ0n) is 11.0. The van der Waals surface area contributed by atoms with Gasteiger partial charge >= 0.3 is 5.97 Å². The number of rotatable bonds is 2. The third-order valence-corrected chi connectivity index (χ3v) is 3.85. The minimum Gasteiger partial charge on any atom is -0.481 e. The lowest BCUT2D eigenvalue weighted by Gasteiger charge is -2.31. The number of benzene rings is 1. The Morgan fingerprint density at radius 1 is 1.45 bits per heavy atom. The van der Waals surface area contributed by atoms with Crippen LogP contribution in [-0.4, -0.2) is 35.0 Å². The molecule has 1 aromatic rings. The van der Waals surface area contributed by atoms with Gasteiger partial charge in [0.25, 0.3) is 5.91 Å². The average Bonchev–Trinajstić information content (AvgIpc) is 2.42. The smallest absolute Gasteiger partial charge is 0.308 e. The van der Waals surface area contributed by atoms with Crippen LogP contribution in [0.1, 0.15) is 28.8 Å². The van der Waals surface area contributed by atoms with E-state index in [4.69, 9.17) is 16.7 Å². The quantitative estimate of drug-likeness (QED) is 0.913. The monoisotopic (exact) mass is 299 g/mol. The Morgan fingerprint density at radius 3 is 2.80 bits per heavy atom. The van der Waals surface area contributed by atoms with Crippen LogP contribution in [0.25, 0.3) is 0 Å². The summed E-state index contributed by atoms with van der Waals surface area (Å²) in [5, 5.41) is 9.08. The molecular weight excluding hydrogens is 285 g/mol. The second kappa shape index (κ2) is 5.79. The first-order valence-corrected chi connectivity index (χ1v) is 6.75. The van der Waals surface area contributed by atoms with E-state index in [9.17, 15) is 14.0 Å². The number of piperidine rings is 1. The molecule has 0 spiro atoms. The van der Waals surface area contributed by atoms with E-state index < -0.39 is 17.7 Å². The molecule has 1 unspecified atom stereocenters. The molecule has 1 atom stereocenters. The predicted octanol–water partition coefficient (Wildman–Crippen LogP) is 2.72. The molecule has 0 bridgehead atoms. The van der Waals surface area contributed by atoms with E-state index in [0.717, 1.165) is 6.07 Å². The number of hydrogen-bond acceptors (Lipinski definition) is 2. The van der Waals surface area contributed by atoms with E-state index >= 15 is 0 Å². The molecule has 6 heteroatoms. The van der Waals surface area contributed by atoms with E-state index in [1.807, 2.05) is 0 Å². The summed E-state index contributed by atoms with van der Waals surface area (Å²) in [6.45, 7) is 2.22. The van der Waals surface area contributed by atoms with Crippen molar-refractivity contribution in [2.45, 2.75) is 19.8 Å². The van der Waals surface area contributed by atoms with Crippen LogP contribution in [0.5, 0.6) is 0 Å². The van der Waals surface area contributed by atoms with Gasteiger partial charge in [-0.25, -0.2) is 4.39 Å². The van der Waals surface area contributed by atoms with Crippen molar-refractivity contribution in [3.63, 3.8) is 0 Å². The Labute approximate surface area is 121 Å². The maximum atomic E-state index is 13.3. The number of carboxylic acids is 1. The number of halogens is 2. The first-order valence-electron chi connectivity index (χ1n) is 6.38. The molecule has 0 radical (unpaired) electrons. The van der Waals surface area contributed by atoms with Crippen LogP contribution in [0.15, 0.2) is 12.1 Å². The Morgan fingerprint density at radius 2 is 2.15 bits per heavy atom. The third kappa shape index (κ3) is 2.93. The van der Waals surface area contributed by atoms with Gasteiger partial charge in [-0.05, 0) is 37.5 Å². The Bertz CT molecular complexity index is 562. The van der Waals surface area contributed by atoms with Gasteiger partial charge in [0, 0.05) is 13.1 Å². The zero-order chi connectivity index (χ0) is 14.9. The normalized spacial score (nSPS) is 18.9. The zero-order valence-corrected chi connectivity index (χ0v) is 11.8. The Hall–Kier alpha value is -1.62. The summed E-state index contributed by atoms with van der Waals surface area (Å²) in [5.41, 5.74) is 0.557. The largest absolute Gasteiger partial charge is 0.481 e. The van der Waals surface area contributed by atoms with Gasteiger partial charge in [-0.2, -0.15) is 0 Å². The Kier molecular flexibility index (Phi) is 4.28.